The zero-order valence-corrected chi connectivity index (χ0v) is 17.4. The van der Waals surface area contributed by atoms with Crippen LogP contribution in [0.5, 0.6) is 0 Å². The van der Waals surface area contributed by atoms with Crippen molar-refractivity contribution < 1.29 is 13.2 Å². The lowest BCUT2D eigenvalue weighted by Crippen LogP contribution is -2.32. The number of sulfonamides is 1. The molecule has 0 bridgehead atoms. The van der Waals surface area contributed by atoms with Crippen LogP contribution in [0.25, 0.3) is 0 Å². The summed E-state index contributed by atoms with van der Waals surface area (Å²) in [5, 5.41) is 3.40. The molecule has 0 aliphatic rings. The van der Waals surface area contributed by atoms with Crippen molar-refractivity contribution in [2.24, 2.45) is 0 Å². The normalized spacial score (nSPS) is 13.0. The summed E-state index contributed by atoms with van der Waals surface area (Å²) in [7, 11) is 1.21. The second-order valence-electron chi connectivity index (χ2n) is 6.48. The standard InChI is InChI=1S/C19H24ClN3O3S/c1-14(17-10-5-6-11-18(17)20)23(4)13-19(24)21-15-8-7-9-16(12-15)27(25,26)22(2)3/h5-12,14H,13H2,1-4H3,(H,21,24). The van der Waals surface area contributed by atoms with Gasteiger partial charge < -0.3 is 5.32 Å². The zero-order chi connectivity index (χ0) is 20.2. The number of carbonyl (C=O) groups is 1. The minimum atomic E-state index is -3.56. The van der Waals surface area contributed by atoms with E-state index in [0.717, 1.165) is 9.87 Å². The molecular weight excluding hydrogens is 386 g/mol. The molecule has 1 unspecified atom stereocenters. The largest absolute Gasteiger partial charge is 0.325 e. The van der Waals surface area contributed by atoms with E-state index in [1.807, 2.05) is 43.1 Å². The van der Waals surface area contributed by atoms with Gasteiger partial charge in [0.15, 0.2) is 0 Å². The maximum Gasteiger partial charge on any atom is 0.242 e. The Labute approximate surface area is 165 Å². The Morgan fingerprint density at radius 2 is 1.78 bits per heavy atom. The van der Waals surface area contributed by atoms with Gasteiger partial charge in [-0.25, -0.2) is 12.7 Å². The molecule has 1 N–H and O–H groups in total. The minimum absolute atomic E-state index is 0.0510. The molecule has 0 saturated carbocycles. The Hall–Kier alpha value is -1.93. The van der Waals surface area contributed by atoms with Gasteiger partial charge in [-0.3, -0.25) is 9.69 Å². The number of carbonyl (C=O) groups excluding carboxylic acids is 1. The third-order valence-electron chi connectivity index (χ3n) is 4.31. The number of amides is 1. The van der Waals surface area contributed by atoms with Gasteiger partial charge in [-0.2, -0.15) is 0 Å². The van der Waals surface area contributed by atoms with Crippen molar-refractivity contribution >= 4 is 33.2 Å². The molecule has 2 rings (SSSR count). The summed E-state index contributed by atoms with van der Waals surface area (Å²) in [6.45, 7) is 2.11. The first-order valence-corrected chi connectivity index (χ1v) is 10.2. The molecule has 146 valence electrons. The van der Waals surface area contributed by atoms with Crippen molar-refractivity contribution in [1.82, 2.24) is 9.21 Å². The van der Waals surface area contributed by atoms with Crippen molar-refractivity contribution in [2.45, 2.75) is 17.9 Å². The number of anilines is 1. The van der Waals surface area contributed by atoms with Gasteiger partial charge in [0, 0.05) is 30.8 Å². The van der Waals surface area contributed by atoms with Gasteiger partial charge in [-0.15, -0.1) is 0 Å². The van der Waals surface area contributed by atoms with Crippen LogP contribution in [0.15, 0.2) is 53.4 Å². The lowest BCUT2D eigenvalue weighted by atomic mass is 10.1. The molecule has 1 amide bonds. The van der Waals surface area contributed by atoms with E-state index >= 15 is 0 Å². The summed E-state index contributed by atoms with van der Waals surface area (Å²) in [5.74, 6) is -0.240. The topological polar surface area (TPSA) is 69.7 Å². The molecule has 0 radical (unpaired) electrons. The number of nitrogens with one attached hydrogen (secondary N) is 1. The highest BCUT2D eigenvalue weighted by Crippen LogP contribution is 2.26. The third-order valence-corrected chi connectivity index (χ3v) is 6.46. The molecule has 0 aliphatic carbocycles. The van der Waals surface area contributed by atoms with Gasteiger partial charge in [0.1, 0.15) is 0 Å². The lowest BCUT2D eigenvalue weighted by molar-refractivity contribution is -0.117. The van der Waals surface area contributed by atoms with Crippen LogP contribution < -0.4 is 5.32 Å². The second kappa shape index (κ2) is 8.84. The van der Waals surface area contributed by atoms with Crippen LogP contribution >= 0.6 is 11.6 Å². The molecule has 6 nitrogen and oxygen atoms in total. The highest BCUT2D eigenvalue weighted by atomic mass is 35.5. The molecule has 2 aromatic carbocycles. The molecule has 2 aromatic rings. The number of hydrogen-bond acceptors (Lipinski definition) is 4. The molecular formula is C19H24ClN3O3S. The van der Waals surface area contributed by atoms with Crippen LogP contribution in [0.4, 0.5) is 5.69 Å². The number of halogens is 1. The van der Waals surface area contributed by atoms with E-state index in [2.05, 4.69) is 5.32 Å². The number of likely N-dealkylation sites (N-methyl/N-ethyl adjacent to an activating group) is 1. The first-order valence-electron chi connectivity index (χ1n) is 8.40. The predicted octanol–water partition coefficient (Wildman–Crippen LogP) is 3.22. The number of rotatable bonds is 7. The van der Waals surface area contributed by atoms with Crippen LogP contribution in [0, 0.1) is 0 Å². The first-order chi connectivity index (χ1) is 12.6. The SMILES string of the molecule is CC(c1ccccc1Cl)N(C)CC(=O)Nc1cccc(S(=O)(=O)N(C)C)c1. The van der Waals surface area contributed by atoms with Crippen molar-refractivity contribution in [3.8, 4) is 0 Å². The summed E-state index contributed by atoms with van der Waals surface area (Å²) in [6.07, 6.45) is 0. The van der Waals surface area contributed by atoms with E-state index in [1.165, 1.54) is 26.2 Å². The minimum Gasteiger partial charge on any atom is -0.325 e. The van der Waals surface area contributed by atoms with E-state index < -0.39 is 10.0 Å². The van der Waals surface area contributed by atoms with Gasteiger partial charge in [0.25, 0.3) is 0 Å². The van der Waals surface area contributed by atoms with Gasteiger partial charge >= 0.3 is 0 Å². The molecule has 0 aliphatic heterocycles. The third kappa shape index (κ3) is 5.29. The Bertz CT molecular complexity index is 916. The van der Waals surface area contributed by atoms with Crippen molar-refractivity contribution in [3.63, 3.8) is 0 Å². The average Bonchev–Trinajstić information content (AvgIpc) is 2.61. The highest BCUT2D eigenvalue weighted by molar-refractivity contribution is 7.89. The number of nitrogens with zero attached hydrogens (tertiary/aromatic N) is 2. The molecule has 8 heteroatoms. The highest BCUT2D eigenvalue weighted by Gasteiger charge is 2.19. The Morgan fingerprint density at radius 1 is 1.11 bits per heavy atom. The van der Waals surface area contributed by atoms with Gasteiger partial charge in [-0.05, 0) is 43.8 Å². The fourth-order valence-electron chi connectivity index (χ4n) is 2.56. The first kappa shape index (κ1) is 21.4. The molecule has 1 atom stereocenters. The van der Waals surface area contributed by atoms with Crippen molar-refractivity contribution in [3.05, 3.63) is 59.1 Å². The van der Waals surface area contributed by atoms with Crippen molar-refractivity contribution in [1.29, 1.82) is 0 Å². The predicted molar refractivity (Wildman–Crippen MR) is 108 cm³/mol. The summed E-state index contributed by atoms with van der Waals surface area (Å²) in [5.41, 5.74) is 1.37. The van der Waals surface area contributed by atoms with E-state index in [1.54, 1.807) is 12.1 Å². The second-order valence-corrected chi connectivity index (χ2v) is 9.04. The van der Waals surface area contributed by atoms with E-state index in [9.17, 15) is 13.2 Å². The monoisotopic (exact) mass is 409 g/mol. The molecule has 0 spiro atoms. The van der Waals surface area contributed by atoms with Gasteiger partial charge in [0.05, 0.1) is 11.4 Å². The number of benzene rings is 2. The Balaban J connectivity index is 2.07. The summed E-state index contributed by atoms with van der Waals surface area (Å²) in [6, 6.07) is 13.7. The maximum atomic E-state index is 12.4. The molecule has 0 saturated heterocycles. The molecule has 0 aromatic heterocycles. The zero-order valence-electron chi connectivity index (χ0n) is 15.8. The number of hydrogen-bond donors (Lipinski definition) is 1. The van der Waals surface area contributed by atoms with Crippen LogP contribution in [-0.2, 0) is 14.8 Å². The molecule has 27 heavy (non-hydrogen) atoms. The maximum absolute atomic E-state index is 12.4. The van der Waals surface area contributed by atoms with E-state index in [0.29, 0.717) is 10.7 Å². The smallest absolute Gasteiger partial charge is 0.242 e. The van der Waals surface area contributed by atoms with Crippen LogP contribution in [0.1, 0.15) is 18.5 Å². The Morgan fingerprint density at radius 3 is 2.41 bits per heavy atom. The van der Waals surface area contributed by atoms with Crippen LogP contribution in [0.2, 0.25) is 5.02 Å². The van der Waals surface area contributed by atoms with Crippen molar-refractivity contribution in [2.75, 3.05) is 33.0 Å². The summed E-state index contributed by atoms with van der Waals surface area (Å²) < 4.78 is 25.6. The quantitative estimate of drug-likeness (QED) is 0.762. The van der Waals surface area contributed by atoms with Crippen LogP contribution in [-0.4, -0.2) is 51.2 Å². The van der Waals surface area contributed by atoms with E-state index in [4.69, 9.17) is 11.6 Å². The Kier molecular flexibility index (Phi) is 7.00. The lowest BCUT2D eigenvalue weighted by Gasteiger charge is -2.25. The fourth-order valence-corrected chi connectivity index (χ4v) is 3.80. The van der Waals surface area contributed by atoms with Gasteiger partial charge in [-0.1, -0.05) is 35.9 Å². The summed E-state index contributed by atoms with van der Waals surface area (Å²) in [4.78, 5) is 14.4. The van der Waals surface area contributed by atoms with Crippen LogP contribution in [0.3, 0.4) is 0 Å². The molecule has 0 fully saturated rings. The van der Waals surface area contributed by atoms with Gasteiger partial charge in [0.2, 0.25) is 15.9 Å². The summed E-state index contributed by atoms with van der Waals surface area (Å²) >= 11 is 6.23. The molecule has 0 heterocycles. The average molecular weight is 410 g/mol. The fraction of sp³-hybridized carbons (Fsp3) is 0.316. The van der Waals surface area contributed by atoms with E-state index in [-0.39, 0.29) is 23.4 Å².